The molecule has 0 bridgehead atoms. The van der Waals surface area contributed by atoms with Crippen LogP contribution in [-0.2, 0) is 10.0 Å². The van der Waals surface area contributed by atoms with Gasteiger partial charge in [-0.2, -0.15) is 0 Å². The van der Waals surface area contributed by atoms with Crippen LogP contribution in [0.4, 0.5) is 0 Å². The summed E-state index contributed by atoms with van der Waals surface area (Å²) in [7, 11) is -3.15. The van der Waals surface area contributed by atoms with Crippen LogP contribution in [0.1, 0.15) is 37.3 Å². The highest BCUT2D eigenvalue weighted by Gasteiger charge is 2.53. The van der Waals surface area contributed by atoms with E-state index < -0.39 is 16.1 Å². The largest absolute Gasteiger partial charge is 0.392 e. The van der Waals surface area contributed by atoms with Crippen molar-refractivity contribution >= 4 is 10.0 Å². The number of piperidine rings is 1. The van der Waals surface area contributed by atoms with Crippen LogP contribution >= 0.6 is 0 Å². The first-order valence-corrected chi connectivity index (χ1v) is 11.5. The standard InChI is InChI=1S/C20H25N3O3S/c1-27(25,26)22-10-8-20(9-11-22)7-6-16(19(20)24)18-15-5-3-2-4-14(15)17-12-21-13-23(17)18/h2-5,12-13,16,18-19,24H,6-11H2,1H3/t16-,18?,19+/m1/s1. The molecular formula is C20H25N3O3S. The van der Waals surface area contributed by atoms with Crippen LogP contribution in [0, 0.1) is 11.3 Å². The van der Waals surface area contributed by atoms with E-state index in [1.54, 1.807) is 4.31 Å². The lowest BCUT2D eigenvalue weighted by Crippen LogP contribution is -2.47. The van der Waals surface area contributed by atoms with Gasteiger partial charge < -0.3 is 9.67 Å². The number of hydrogen-bond acceptors (Lipinski definition) is 4. The summed E-state index contributed by atoms with van der Waals surface area (Å²) in [4.78, 5) is 4.34. The highest BCUT2D eigenvalue weighted by Crippen LogP contribution is 2.55. The molecule has 144 valence electrons. The van der Waals surface area contributed by atoms with Crippen LogP contribution in [0.5, 0.6) is 0 Å². The summed E-state index contributed by atoms with van der Waals surface area (Å²) in [6, 6.07) is 8.52. The molecule has 7 heteroatoms. The van der Waals surface area contributed by atoms with Gasteiger partial charge in [-0.1, -0.05) is 24.3 Å². The van der Waals surface area contributed by atoms with Crippen molar-refractivity contribution in [3.63, 3.8) is 0 Å². The third kappa shape index (κ3) is 2.52. The normalized spacial score (nSPS) is 29.8. The molecule has 1 aromatic heterocycles. The Morgan fingerprint density at radius 3 is 2.67 bits per heavy atom. The van der Waals surface area contributed by atoms with Crippen LogP contribution in [0.3, 0.4) is 0 Å². The summed E-state index contributed by atoms with van der Waals surface area (Å²) >= 11 is 0. The van der Waals surface area contributed by atoms with E-state index in [1.807, 2.05) is 18.6 Å². The fraction of sp³-hybridized carbons (Fsp3) is 0.550. The Kier molecular flexibility index (Phi) is 3.80. The first-order valence-electron chi connectivity index (χ1n) is 9.65. The van der Waals surface area contributed by atoms with Crippen molar-refractivity contribution in [2.45, 2.75) is 37.8 Å². The van der Waals surface area contributed by atoms with Gasteiger partial charge in [0.25, 0.3) is 0 Å². The fourth-order valence-corrected chi connectivity index (χ4v) is 6.51. The monoisotopic (exact) mass is 387 g/mol. The van der Waals surface area contributed by atoms with Crippen molar-refractivity contribution in [3.05, 3.63) is 42.4 Å². The van der Waals surface area contributed by atoms with E-state index in [1.165, 1.54) is 17.4 Å². The van der Waals surface area contributed by atoms with Crippen molar-refractivity contribution in [3.8, 4) is 11.3 Å². The third-order valence-electron chi connectivity index (χ3n) is 7.12. The Labute approximate surface area is 159 Å². The topological polar surface area (TPSA) is 75.4 Å². The zero-order valence-corrected chi connectivity index (χ0v) is 16.3. The number of benzene rings is 1. The summed E-state index contributed by atoms with van der Waals surface area (Å²) < 4.78 is 27.4. The lowest BCUT2D eigenvalue weighted by Gasteiger charge is -2.42. The second kappa shape index (κ2) is 5.90. The maximum atomic E-state index is 11.8. The molecule has 3 heterocycles. The van der Waals surface area contributed by atoms with Gasteiger partial charge in [0.1, 0.15) is 0 Å². The Balaban J connectivity index is 1.44. The molecule has 5 rings (SSSR count). The maximum Gasteiger partial charge on any atom is 0.211 e. The minimum Gasteiger partial charge on any atom is -0.392 e. The SMILES string of the molecule is CS(=O)(=O)N1CCC2(CC[C@H](C3c4ccccc4-c4cncn43)[C@@H]2O)CC1. The van der Waals surface area contributed by atoms with Crippen LogP contribution < -0.4 is 0 Å². The quantitative estimate of drug-likeness (QED) is 0.858. The fourth-order valence-electron chi connectivity index (χ4n) is 5.66. The molecule has 1 saturated carbocycles. The van der Waals surface area contributed by atoms with Crippen molar-refractivity contribution in [1.29, 1.82) is 0 Å². The van der Waals surface area contributed by atoms with Gasteiger partial charge in [-0.3, -0.25) is 0 Å². The number of aromatic nitrogens is 2. The zero-order chi connectivity index (χ0) is 18.8. The molecule has 3 aliphatic rings. The molecule has 1 saturated heterocycles. The van der Waals surface area contributed by atoms with Crippen molar-refractivity contribution < 1.29 is 13.5 Å². The molecule has 1 unspecified atom stereocenters. The van der Waals surface area contributed by atoms with E-state index in [9.17, 15) is 13.5 Å². The summed E-state index contributed by atoms with van der Waals surface area (Å²) in [5.41, 5.74) is 3.43. The van der Waals surface area contributed by atoms with Crippen molar-refractivity contribution in [1.82, 2.24) is 13.9 Å². The van der Waals surface area contributed by atoms with Crippen LogP contribution in [0.15, 0.2) is 36.8 Å². The van der Waals surface area contributed by atoms with Gasteiger partial charge >= 0.3 is 0 Å². The van der Waals surface area contributed by atoms with Crippen LogP contribution in [0.25, 0.3) is 11.3 Å². The van der Waals surface area contributed by atoms with Gasteiger partial charge in [-0.25, -0.2) is 17.7 Å². The van der Waals surface area contributed by atoms with E-state index in [-0.39, 0.29) is 17.4 Å². The molecule has 0 radical (unpaired) electrons. The van der Waals surface area contributed by atoms with Gasteiger partial charge in [-0.05, 0) is 36.7 Å². The number of rotatable bonds is 2. The van der Waals surface area contributed by atoms with E-state index in [2.05, 4.69) is 27.8 Å². The zero-order valence-electron chi connectivity index (χ0n) is 15.5. The lowest BCUT2D eigenvalue weighted by atomic mass is 9.73. The summed E-state index contributed by atoms with van der Waals surface area (Å²) in [6.07, 6.45) is 8.02. The number of imidazole rings is 1. The maximum absolute atomic E-state index is 11.8. The summed E-state index contributed by atoms with van der Waals surface area (Å²) in [6.45, 7) is 1.03. The minimum atomic E-state index is -3.15. The molecule has 1 aliphatic carbocycles. The average Bonchev–Trinajstić information content (AvgIpc) is 3.30. The van der Waals surface area contributed by atoms with Gasteiger partial charge in [0.15, 0.2) is 0 Å². The second-order valence-electron chi connectivity index (χ2n) is 8.39. The second-order valence-corrected chi connectivity index (χ2v) is 10.4. The minimum absolute atomic E-state index is 0.112. The van der Waals surface area contributed by atoms with Crippen LogP contribution in [0.2, 0.25) is 0 Å². The Bertz CT molecular complexity index is 976. The molecular weight excluding hydrogens is 362 g/mol. The smallest absolute Gasteiger partial charge is 0.211 e. The summed E-state index contributed by atoms with van der Waals surface area (Å²) in [5.74, 6) is 0.131. The Morgan fingerprint density at radius 2 is 1.93 bits per heavy atom. The van der Waals surface area contributed by atoms with E-state index in [4.69, 9.17) is 0 Å². The first kappa shape index (κ1) is 17.4. The molecule has 1 N–H and O–H groups in total. The van der Waals surface area contributed by atoms with Crippen molar-refractivity contribution in [2.75, 3.05) is 19.3 Å². The highest BCUT2D eigenvalue weighted by atomic mass is 32.2. The first-order chi connectivity index (χ1) is 12.9. The predicted octanol–water partition coefficient (Wildman–Crippen LogP) is 2.27. The third-order valence-corrected chi connectivity index (χ3v) is 8.43. The van der Waals surface area contributed by atoms with Gasteiger partial charge in [0.2, 0.25) is 10.0 Å². The highest BCUT2D eigenvalue weighted by molar-refractivity contribution is 7.88. The Hall–Kier alpha value is -1.70. The molecule has 1 spiro atoms. The average molecular weight is 388 g/mol. The molecule has 6 nitrogen and oxygen atoms in total. The molecule has 1 aromatic carbocycles. The molecule has 2 aromatic rings. The molecule has 0 amide bonds. The number of nitrogens with zero attached hydrogens (tertiary/aromatic N) is 3. The Morgan fingerprint density at radius 1 is 1.19 bits per heavy atom. The molecule has 3 atom stereocenters. The number of fused-ring (bicyclic) bond motifs is 3. The number of aliphatic hydroxyl groups is 1. The van der Waals surface area contributed by atoms with E-state index >= 15 is 0 Å². The van der Waals surface area contributed by atoms with E-state index in [0.29, 0.717) is 13.1 Å². The number of hydrogen-bond donors (Lipinski definition) is 1. The van der Waals surface area contributed by atoms with Gasteiger partial charge in [0.05, 0.1) is 36.6 Å². The van der Waals surface area contributed by atoms with Gasteiger partial charge in [0, 0.05) is 24.6 Å². The van der Waals surface area contributed by atoms with E-state index in [0.717, 1.165) is 31.4 Å². The lowest BCUT2D eigenvalue weighted by molar-refractivity contribution is -0.0145. The molecule has 2 fully saturated rings. The van der Waals surface area contributed by atoms with Gasteiger partial charge in [-0.15, -0.1) is 0 Å². The van der Waals surface area contributed by atoms with Crippen LogP contribution in [-0.4, -0.2) is 52.8 Å². The molecule has 2 aliphatic heterocycles. The predicted molar refractivity (Wildman–Crippen MR) is 103 cm³/mol. The van der Waals surface area contributed by atoms with Crippen molar-refractivity contribution in [2.24, 2.45) is 11.3 Å². The summed E-state index contributed by atoms with van der Waals surface area (Å²) in [5, 5.41) is 11.4. The number of sulfonamides is 1. The number of aliphatic hydroxyl groups excluding tert-OH is 1. The molecule has 27 heavy (non-hydrogen) atoms.